The Morgan fingerprint density at radius 2 is 1.58 bits per heavy atom. The van der Waals surface area contributed by atoms with Crippen molar-refractivity contribution in [2.45, 2.75) is 32.1 Å². The molecule has 0 N–H and O–H groups in total. The van der Waals surface area contributed by atoms with E-state index in [2.05, 4.69) is 129 Å². The smallest absolute Gasteiger partial charge is 0.0242 e. The first-order valence-corrected chi connectivity index (χ1v) is 12.5. The monoisotopic (exact) mass is 462 g/mol. The maximum Gasteiger partial charge on any atom is 0.0242 e. The second-order valence-corrected chi connectivity index (χ2v) is 10.00. The molecule has 3 aromatic rings. The van der Waals surface area contributed by atoms with Gasteiger partial charge in [-0.05, 0) is 69.7 Å². The van der Waals surface area contributed by atoms with Crippen molar-refractivity contribution in [3.8, 4) is 12.3 Å². The van der Waals surface area contributed by atoms with Crippen LogP contribution in [-0.4, -0.2) is 0 Å². The zero-order valence-electron chi connectivity index (χ0n) is 21.0. The molecule has 0 atom stereocenters. The average molecular weight is 463 g/mol. The van der Waals surface area contributed by atoms with Gasteiger partial charge in [0.15, 0.2) is 0 Å². The lowest BCUT2D eigenvalue weighted by molar-refractivity contribution is 0.664. The van der Waals surface area contributed by atoms with Gasteiger partial charge in [0.25, 0.3) is 0 Å². The molecule has 3 aromatic carbocycles. The standard InChI is InChI=1S/C36H30/c1-4-27-10-12-28(13-11-27)24-30-16-19-34(25-30)33-20-22-35(23-21-33)36(2,3)26-29-14-17-32(18-15-29)31-8-6-5-7-9-31/h1,5-14,16-23,26H,15,24H2,2-3H3. The number of rotatable bonds is 6. The van der Waals surface area contributed by atoms with Crippen LogP contribution < -0.4 is 0 Å². The molecular formula is C36H30. The van der Waals surface area contributed by atoms with Crippen molar-refractivity contribution in [3.05, 3.63) is 160 Å². The highest BCUT2D eigenvalue weighted by Crippen LogP contribution is 2.32. The topological polar surface area (TPSA) is 0 Å². The summed E-state index contributed by atoms with van der Waals surface area (Å²) in [5.41, 5.74) is 14.5. The third-order valence-corrected chi connectivity index (χ3v) is 6.89. The third-order valence-electron chi connectivity index (χ3n) is 6.89. The van der Waals surface area contributed by atoms with E-state index in [1.165, 1.54) is 39.0 Å². The first-order chi connectivity index (χ1) is 17.5. The van der Waals surface area contributed by atoms with E-state index in [1.54, 1.807) is 0 Å². The quantitative estimate of drug-likeness (QED) is 0.254. The Hall–Kier alpha value is -4.30. The Balaban J connectivity index is 1.28. The van der Waals surface area contributed by atoms with Crippen molar-refractivity contribution in [1.29, 1.82) is 0 Å². The molecule has 36 heavy (non-hydrogen) atoms. The van der Waals surface area contributed by atoms with E-state index in [0.29, 0.717) is 0 Å². The molecule has 0 saturated carbocycles. The predicted molar refractivity (Wildman–Crippen MR) is 153 cm³/mol. The van der Waals surface area contributed by atoms with Crippen molar-refractivity contribution in [2.24, 2.45) is 0 Å². The van der Waals surface area contributed by atoms with Gasteiger partial charge in [-0.15, -0.1) is 12.2 Å². The number of hydrogen-bond acceptors (Lipinski definition) is 0. The van der Waals surface area contributed by atoms with E-state index in [0.717, 1.165) is 24.0 Å². The fraction of sp³-hybridized carbons (Fsp3) is 0.139. The summed E-state index contributed by atoms with van der Waals surface area (Å²) in [6, 6.07) is 27.7. The average Bonchev–Trinajstić information content (AvgIpc) is 3.38. The molecule has 0 radical (unpaired) electrons. The Morgan fingerprint density at radius 3 is 2.25 bits per heavy atom. The number of hydrogen-bond donors (Lipinski definition) is 0. The second kappa shape index (κ2) is 10.1. The molecule has 0 aliphatic heterocycles. The van der Waals surface area contributed by atoms with E-state index in [9.17, 15) is 0 Å². The van der Waals surface area contributed by atoms with Gasteiger partial charge in [0, 0.05) is 23.0 Å². The molecule has 0 saturated heterocycles. The molecule has 0 unspecified atom stereocenters. The molecule has 174 valence electrons. The van der Waals surface area contributed by atoms with Crippen LogP contribution in [0.15, 0.2) is 132 Å². The van der Waals surface area contributed by atoms with Crippen LogP contribution in [0.4, 0.5) is 0 Å². The lowest BCUT2D eigenvalue weighted by atomic mass is 9.81. The molecule has 5 rings (SSSR count). The van der Waals surface area contributed by atoms with Gasteiger partial charge in [-0.1, -0.05) is 111 Å². The molecular weight excluding hydrogens is 432 g/mol. The SMILES string of the molecule is C#Cc1ccc(CC2=C=C(c3ccc(C(C)(C)C=C4C=CC(c5ccccc5)=CC4)cc3)C=C2)cc1. The normalized spacial score (nSPS) is 15.9. The predicted octanol–water partition coefficient (Wildman–Crippen LogP) is 8.64. The van der Waals surface area contributed by atoms with E-state index in [-0.39, 0.29) is 5.41 Å². The van der Waals surface area contributed by atoms with Gasteiger partial charge in [-0.2, -0.15) is 0 Å². The Labute approximate surface area is 215 Å². The molecule has 0 nitrogen and oxygen atoms in total. The van der Waals surface area contributed by atoms with Crippen LogP contribution in [0.5, 0.6) is 0 Å². The third kappa shape index (κ3) is 5.34. The van der Waals surface area contributed by atoms with Gasteiger partial charge < -0.3 is 0 Å². The summed E-state index contributed by atoms with van der Waals surface area (Å²) in [7, 11) is 0. The molecule has 0 heteroatoms. The maximum atomic E-state index is 5.46. The summed E-state index contributed by atoms with van der Waals surface area (Å²) in [5, 5.41) is 0. The summed E-state index contributed by atoms with van der Waals surface area (Å²) >= 11 is 0. The minimum absolute atomic E-state index is 0.0538. The van der Waals surface area contributed by atoms with Gasteiger partial charge in [0.05, 0.1) is 0 Å². The van der Waals surface area contributed by atoms with Crippen LogP contribution in [0.2, 0.25) is 0 Å². The first kappa shape index (κ1) is 23.4. The molecule has 0 aromatic heterocycles. The Kier molecular flexibility index (Phi) is 6.60. The second-order valence-electron chi connectivity index (χ2n) is 10.00. The van der Waals surface area contributed by atoms with Crippen molar-refractivity contribution in [3.63, 3.8) is 0 Å². The maximum absolute atomic E-state index is 5.46. The van der Waals surface area contributed by atoms with Crippen LogP contribution in [0.25, 0.3) is 11.1 Å². The number of terminal acetylenes is 1. The zero-order valence-corrected chi connectivity index (χ0v) is 21.0. The number of allylic oxidation sites excluding steroid dienone is 9. The van der Waals surface area contributed by atoms with Gasteiger partial charge >= 0.3 is 0 Å². The molecule has 0 amide bonds. The largest absolute Gasteiger partial charge is 0.115 e. The van der Waals surface area contributed by atoms with E-state index in [4.69, 9.17) is 6.42 Å². The fourth-order valence-corrected chi connectivity index (χ4v) is 4.79. The van der Waals surface area contributed by atoms with Gasteiger partial charge in [-0.3, -0.25) is 0 Å². The summed E-state index contributed by atoms with van der Waals surface area (Å²) < 4.78 is 0. The summed E-state index contributed by atoms with van der Waals surface area (Å²) in [5.74, 6) is 2.67. The van der Waals surface area contributed by atoms with E-state index in [1.807, 2.05) is 12.1 Å². The zero-order chi connectivity index (χ0) is 25.0. The number of benzene rings is 3. The molecule has 2 aliphatic carbocycles. The lowest BCUT2D eigenvalue weighted by Crippen LogP contribution is -2.14. The van der Waals surface area contributed by atoms with Crippen LogP contribution in [0, 0.1) is 12.3 Å². The van der Waals surface area contributed by atoms with Crippen LogP contribution in [0.3, 0.4) is 0 Å². The van der Waals surface area contributed by atoms with Gasteiger partial charge in [-0.25, -0.2) is 0 Å². The van der Waals surface area contributed by atoms with Crippen molar-refractivity contribution in [1.82, 2.24) is 0 Å². The molecule has 0 bridgehead atoms. The molecule has 2 aliphatic rings. The summed E-state index contributed by atoms with van der Waals surface area (Å²) in [4.78, 5) is 0. The van der Waals surface area contributed by atoms with Crippen molar-refractivity contribution in [2.75, 3.05) is 0 Å². The fourth-order valence-electron chi connectivity index (χ4n) is 4.79. The highest BCUT2D eigenvalue weighted by molar-refractivity contribution is 5.78. The van der Waals surface area contributed by atoms with Crippen LogP contribution >= 0.6 is 0 Å². The van der Waals surface area contributed by atoms with Crippen molar-refractivity contribution < 1.29 is 0 Å². The Morgan fingerprint density at radius 1 is 0.833 bits per heavy atom. The minimum atomic E-state index is -0.0538. The molecule has 0 spiro atoms. The van der Waals surface area contributed by atoms with Crippen LogP contribution in [-0.2, 0) is 11.8 Å². The minimum Gasteiger partial charge on any atom is -0.115 e. The summed E-state index contributed by atoms with van der Waals surface area (Å²) in [6.07, 6.45) is 20.8. The van der Waals surface area contributed by atoms with Gasteiger partial charge in [0.2, 0.25) is 0 Å². The first-order valence-electron chi connectivity index (χ1n) is 12.5. The van der Waals surface area contributed by atoms with Crippen molar-refractivity contribution >= 4 is 11.1 Å². The molecule has 0 fully saturated rings. The van der Waals surface area contributed by atoms with Gasteiger partial charge in [0.1, 0.15) is 0 Å². The molecule has 0 heterocycles. The lowest BCUT2D eigenvalue weighted by Gasteiger charge is -2.23. The van der Waals surface area contributed by atoms with Crippen LogP contribution in [0.1, 0.15) is 48.1 Å². The highest BCUT2D eigenvalue weighted by Gasteiger charge is 2.19. The van der Waals surface area contributed by atoms with E-state index >= 15 is 0 Å². The van der Waals surface area contributed by atoms with E-state index < -0.39 is 0 Å². The summed E-state index contributed by atoms with van der Waals surface area (Å²) in [6.45, 7) is 4.58. The Bertz CT molecular complexity index is 1480. The highest BCUT2D eigenvalue weighted by atomic mass is 14.2.